The van der Waals surface area contributed by atoms with Crippen molar-refractivity contribution in [2.45, 2.75) is 6.04 Å². The molecule has 0 bridgehead atoms. The molecule has 1 aromatic heterocycles. The normalized spacial score (nSPS) is 12.7. The molecule has 0 saturated heterocycles. The molecule has 0 aliphatic heterocycles. The highest BCUT2D eigenvalue weighted by atomic mass is 35.5. The monoisotopic (exact) mass is 290 g/mol. The van der Waals surface area contributed by atoms with Crippen LogP contribution in [0.2, 0.25) is 15.3 Å². The van der Waals surface area contributed by atoms with Gasteiger partial charge in [-0.3, -0.25) is 5.84 Å². The van der Waals surface area contributed by atoms with Crippen LogP contribution in [0.15, 0.2) is 34.7 Å². The third kappa shape index (κ3) is 2.59. The zero-order valence-corrected chi connectivity index (χ0v) is 10.9. The van der Waals surface area contributed by atoms with Gasteiger partial charge in [-0.15, -0.1) is 0 Å². The summed E-state index contributed by atoms with van der Waals surface area (Å²) in [6, 6.07) is 8.28. The Morgan fingerprint density at radius 3 is 2.47 bits per heavy atom. The fourth-order valence-corrected chi connectivity index (χ4v) is 2.12. The number of rotatable bonds is 3. The first-order chi connectivity index (χ1) is 8.13. The summed E-state index contributed by atoms with van der Waals surface area (Å²) in [4.78, 5) is 0. The van der Waals surface area contributed by atoms with Gasteiger partial charge in [0, 0.05) is 0 Å². The minimum Gasteiger partial charge on any atom is -0.448 e. The fourth-order valence-electron chi connectivity index (χ4n) is 1.55. The van der Waals surface area contributed by atoms with Gasteiger partial charge in [0.25, 0.3) is 0 Å². The van der Waals surface area contributed by atoms with Gasteiger partial charge in [0.05, 0.1) is 10.0 Å². The van der Waals surface area contributed by atoms with E-state index in [1.807, 2.05) is 6.07 Å². The maximum Gasteiger partial charge on any atom is 0.193 e. The lowest BCUT2D eigenvalue weighted by Gasteiger charge is -2.15. The summed E-state index contributed by atoms with van der Waals surface area (Å²) in [5.41, 5.74) is 3.35. The first-order valence-corrected chi connectivity index (χ1v) is 5.92. The second kappa shape index (κ2) is 5.29. The Balaban J connectivity index is 2.45. The number of hydrogen-bond acceptors (Lipinski definition) is 3. The minimum atomic E-state index is -0.395. The Morgan fingerprint density at radius 2 is 1.88 bits per heavy atom. The van der Waals surface area contributed by atoms with Crippen molar-refractivity contribution < 1.29 is 4.42 Å². The van der Waals surface area contributed by atoms with Crippen molar-refractivity contribution in [3.8, 4) is 0 Å². The Morgan fingerprint density at radius 1 is 1.12 bits per heavy atom. The molecule has 1 atom stereocenters. The Bertz CT molecular complexity index is 527. The third-order valence-corrected chi connectivity index (χ3v) is 3.37. The van der Waals surface area contributed by atoms with Crippen LogP contribution in [0.1, 0.15) is 17.4 Å². The molecule has 0 aliphatic carbocycles. The smallest absolute Gasteiger partial charge is 0.193 e. The first-order valence-electron chi connectivity index (χ1n) is 4.78. The average Bonchev–Trinajstić information content (AvgIpc) is 2.72. The number of furan rings is 1. The zero-order valence-electron chi connectivity index (χ0n) is 8.58. The quantitative estimate of drug-likeness (QED) is 0.668. The van der Waals surface area contributed by atoms with Gasteiger partial charge >= 0.3 is 0 Å². The molecule has 3 nitrogen and oxygen atoms in total. The lowest BCUT2D eigenvalue weighted by molar-refractivity contribution is 0.453. The second-order valence-corrected chi connectivity index (χ2v) is 4.54. The van der Waals surface area contributed by atoms with Crippen LogP contribution in [-0.4, -0.2) is 0 Å². The lowest BCUT2D eigenvalue weighted by Crippen LogP contribution is -2.28. The summed E-state index contributed by atoms with van der Waals surface area (Å²) in [6.07, 6.45) is 0. The average molecular weight is 292 g/mol. The molecule has 0 aliphatic rings. The van der Waals surface area contributed by atoms with Crippen LogP contribution in [-0.2, 0) is 0 Å². The van der Waals surface area contributed by atoms with E-state index in [9.17, 15) is 0 Å². The molecule has 17 heavy (non-hydrogen) atoms. The lowest BCUT2D eigenvalue weighted by atomic mass is 10.1. The van der Waals surface area contributed by atoms with Crippen molar-refractivity contribution in [2.75, 3.05) is 0 Å². The van der Waals surface area contributed by atoms with Gasteiger partial charge in [-0.05, 0) is 35.4 Å². The van der Waals surface area contributed by atoms with Gasteiger partial charge in [-0.1, -0.05) is 35.3 Å². The predicted octanol–water partition coefficient (Wildman–Crippen LogP) is 3.79. The summed E-state index contributed by atoms with van der Waals surface area (Å²) in [5.74, 6) is 6.08. The van der Waals surface area contributed by atoms with Crippen molar-refractivity contribution in [1.82, 2.24) is 5.43 Å². The van der Waals surface area contributed by atoms with E-state index in [2.05, 4.69) is 5.43 Å². The zero-order chi connectivity index (χ0) is 12.4. The van der Waals surface area contributed by atoms with E-state index in [0.717, 1.165) is 5.56 Å². The Labute approximate surface area is 113 Å². The molecule has 90 valence electrons. The largest absolute Gasteiger partial charge is 0.448 e. The third-order valence-electron chi connectivity index (χ3n) is 2.34. The molecule has 0 amide bonds. The first kappa shape index (κ1) is 12.7. The number of nitrogens with one attached hydrogen (secondary N) is 1. The molecule has 1 heterocycles. The number of hydrogen-bond donors (Lipinski definition) is 2. The minimum absolute atomic E-state index is 0.290. The molecular formula is C11H9Cl3N2O. The highest BCUT2D eigenvalue weighted by molar-refractivity contribution is 6.42. The summed E-state index contributed by atoms with van der Waals surface area (Å²) in [5, 5.41) is 1.19. The van der Waals surface area contributed by atoms with Crippen molar-refractivity contribution in [3.63, 3.8) is 0 Å². The fraction of sp³-hybridized carbons (Fsp3) is 0.0909. The molecular weight excluding hydrogens is 282 g/mol. The molecule has 2 aromatic rings. The van der Waals surface area contributed by atoms with Crippen LogP contribution in [0.25, 0.3) is 0 Å². The molecule has 1 aromatic carbocycles. The van der Waals surface area contributed by atoms with Crippen molar-refractivity contribution >= 4 is 34.8 Å². The maximum absolute atomic E-state index is 6.12. The van der Waals surface area contributed by atoms with Crippen molar-refractivity contribution in [3.05, 3.63) is 56.9 Å². The van der Waals surface area contributed by atoms with E-state index in [0.29, 0.717) is 21.0 Å². The Hall–Kier alpha value is -0.710. The van der Waals surface area contributed by atoms with Gasteiger partial charge in [0.2, 0.25) is 0 Å². The standard InChI is InChI=1S/C11H9Cl3N2O/c12-7-3-1-2-6(10(7)14)11(16-15)8-4-5-9(13)17-8/h1-5,11,16H,15H2. The highest BCUT2D eigenvalue weighted by Crippen LogP contribution is 2.33. The van der Waals surface area contributed by atoms with Crippen LogP contribution in [0.3, 0.4) is 0 Å². The SMILES string of the molecule is NNC(c1ccc(Cl)o1)c1cccc(Cl)c1Cl. The van der Waals surface area contributed by atoms with Crippen LogP contribution in [0.5, 0.6) is 0 Å². The molecule has 0 fully saturated rings. The Kier molecular flexibility index (Phi) is 3.97. The summed E-state index contributed by atoms with van der Waals surface area (Å²) >= 11 is 17.8. The van der Waals surface area contributed by atoms with E-state index < -0.39 is 6.04 Å². The van der Waals surface area contributed by atoms with Gasteiger partial charge in [-0.2, -0.15) is 0 Å². The number of benzene rings is 1. The molecule has 0 saturated carbocycles. The molecule has 0 radical (unpaired) electrons. The van der Waals surface area contributed by atoms with Crippen LogP contribution in [0, 0.1) is 0 Å². The van der Waals surface area contributed by atoms with Crippen LogP contribution >= 0.6 is 34.8 Å². The van der Waals surface area contributed by atoms with E-state index in [1.54, 1.807) is 24.3 Å². The van der Waals surface area contributed by atoms with Gasteiger partial charge < -0.3 is 4.42 Å². The van der Waals surface area contributed by atoms with Crippen molar-refractivity contribution in [2.24, 2.45) is 5.84 Å². The van der Waals surface area contributed by atoms with E-state index in [4.69, 9.17) is 45.1 Å². The van der Waals surface area contributed by atoms with Crippen molar-refractivity contribution in [1.29, 1.82) is 0 Å². The molecule has 3 N–H and O–H groups in total. The maximum atomic E-state index is 6.12. The summed E-state index contributed by atoms with van der Waals surface area (Å²) in [6.45, 7) is 0. The van der Waals surface area contributed by atoms with E-state index >= 15 is 0 Å². The van der Waals surface area contributed by atoms with Crippen LogP contribution < -0.4 is 11.3 Å². The van der Waals surface area contributed by atoms with Crippen LogP contribution in [0.4, 0.5) is 0 Å². The summed E-state index contributed by atoms with van der Waals surface area (Å²) < 4.78 is 5.31. The van der Waals surface area contributed by atoms with Gasteiger partial charge in [0.1, 0.15) is 11.8 Å². The molecule has 1 unspecified atom stereocenters. The number of nitrogens with two attached hydrogens (primary N) is 1. The van der Waals surface area contributed by atoms with Gasteiger partial charge in [0.15, 0.2) is 5.22 Å². The topological polar surface area (TPSA) is 51.2 Å². The summed E-state index contributed by atoms with van der Waals surface area (Å²) in [7, 11) is 0. The van der Waals surface area contributed by atoms with Gasteiger partial charge in [-0.25, -0.2) is 5.43 Å². The predicted molar refractivity (Wildman–Crippen MR) is 69.3 cm³/mol. The number of halogens is 3. The van der Waals surface area contributed by atoms with E-state index in [1.165, 1.54) is 0 Å². The van der Waals surface area contributed by atoms with E-state index in [-0.39, 0.29) is 0 Å². The molecule has 2 rings (SSSR count). The highest BCUT2D eigenvalue weighted by Gasteiger charge is 2.20. The molecule has 6 heteroatoms. The second-order valence-electron chi connectivity index (χ2n) is 3.38. The molecule has 0 spiro atoms. The number of hydrazine groups is 1.